The van der Waals surface area contributed by atoms with Crippen molar-refractivity contribution >= 4 is 28.5 Å². The monoisotopic (exact) mass is 398 g/mol. The van der Waals surface area contributed by atoms with Gasteiger partial charge in [-0.3, -0.25) is 4.79 Å². The van der Waals surface area contributed by atoms with E-state index in [1.165, 1.54) is 6.07 Å². The Morgan fingerprint density at radius 3 is 2.70 bits per heavy atom. The molecular formula is C13H14F3IN2O. The van der Waals surface area contributed by atoms with Crippen molar-refractivity contribution in [3.63, 3.8) is 0 Å². The van der Waals surface area contributed by atoms with Crippen LogP contribution in [-0.4, -0.2) is 25.0 Å². The smallest absolute Gasteiger partial charge is 0.348 e. The minimum atomic E-state index is -4.44. The summed E-state index contributed by atoms with van der Waals surface area (Å²) in [7, 11) is 0. The number of benzene rings is 1. The second-order valence-corrected chi connectivity index (χ2v) is 5.99. The van der Waals surface area contributed by atoms with E-state index < -0.39 is 17.6 Å². The number of carbonyl (C=O) groups is 1. The highest BCUT2D eigenvalue weighted by Gasteiger charge is 2.31. The molecule has 0 aliphatic carbocycles. The van der Waals surface area contributed by atoms with Gasteiger partial charge in [0.25, 0.3) is 5.91 Å². The van der Waals surface area contributed by atoms with E-state index in [-0.39, 0.29) is 11.6 Å². The number of hydrogen-bond acceptors (Lipinski definition) is 2. The Balaban J connectivity index is 2.14. The average molecular weight is 398 g/mol. The van der Waals surface area contributed by atoms with Crippen molar-refractivity contribution in [2.24, 2.45) is 0 Å². The van der Waals surface area contributed by atoms with E-state index in [9.17, 15) is 18.0 Å². The molecule has 0 spiro atoms. The molecule has 1 aromatic carbocycles. The van der Waals surface area contributed by atoms with Crippen LogP contribution in [0.15, 0.2) is 18.2 Å². The Labute approximate surface area is 128 Å². The van der Waals surface area contributed by atoms with Crippen LogP contribution in [0.2, 0.25) is 0 Å². The zero-order valence-electron chi connectivity index (χ0n) is 10.6. The minimum absolute atomic E-state index is 0.0246. The van der Waals surface area contributed by atoms with Gasteiger partial charge in [-0.2, -0.15) is 13.2 Å². The maximum absolute atomic E-state index is 12.7. The zero-order valence-corrected chi connectivity index (χ0v) is 12.7. The van der Waals surface area contributed by atoms with Crippen LogP contribution in [0.1, 0.15) is 28.8 Å². The topological polar surface area (TPSA) is 41.1 Å². The van der Waals surface area contributed by atoms with E-state index in [4.69, 9.17) is 0 Å². The van der Waals surface area contributed by atoms with Crippen LogP contribution >= 0.6 is 22.6 Å². The summed E-state index contributed by atoms with van der Waals surface area (Å²) in [5, 5.41) is 5.91. The normalized spacial score (nSPS) is 19.7. The van der Waals surface area contributed by atoms with Crippen LogP contribution in [0, 0.1) is 3.57 Å². The van der Waals surface area contributed by atoms with Crippen molar-refractivity contribution in [1.82, 2.24) is 10.6 Å². The zero-order chi connectivity index (χ0) is 14.8. The summed E-state index contributed by atoms with van der Waals surface area (Å²) in [6, 6.07) is 3.36. The molecule has 1 fully saturated rings. The predicted octanol–water partition coefficient (Wildman–Crippen LogP) is 2.79. The van der Waals surface area contributed by atoms with Crippen molar-refractivity contribution in [3.05, 3.63) is 32.9 Å². The first kappa shape index (κ1) is 15.6. The lowest BCUT2D eigenvalue weighted by atomic mass is 10.1. The SMILES string of the molecule is O=C(N[C@H]1CCCNC1)c1cc(I)cc(C(F)(F)F)c1. The quantitative estimate of drug-likeness (QED) is 0.753. The molecule has 0 radical (unpaired) electrons. The fourth-order valence-electron chi connectivity index (χ4n) is 2.13. The van der Waals surface area contributed by atoms with Crippen molar-refractivity contribution in [3.8, 4) is 0 Å². The molecule has 0 bridgehead atoms. The Bertz CT molecular complexity index is 499. The number of alkyl halides is 3. The maximum Gasteiger partial charge on any atom is 0.416 e. The van der Waals surface area contributed by atoms with Crippen molar-refractivity contribution in [2.75, 3.05) is 13.1 Å². The van der Waals surface area contributed by atoms with E-state index >= 15 is 0 Å². The van der Waals surface area contributed by atoms with Gasteiger partial charge in [0.15, 0.2) is 0 Å². The number of piperidine rings is 1. The van der Waals surface area contributed by atoms with E-state index in [0.29, 0.717) is 10.1 Å². The number of halogens is 4. The lowest BCUT2D eigenvalue weighted by Gasteiger charge is -2.24. The molecule has 1 aromatic rings. The van der Waals surface area contributed by atoms with Crippen LogP contribution in [0.3, 0.4) is 0 Å². The van der Waals surface area contributed by atoms with Gasteiger partial charge in [-0.05, 0) is 60.2 Å². The molecule has 20 heavy (non-hydrogen) atoms. The molecule has 3 nitrogen and oxygen atoms in total. The van der Waals surface area contributed by atoms with Gasteiger partial charge >= 0.3 is 6.18 Å². The number of nitrogens with one attached hydrogen (secondary N) is 2. The Morgan fingerprint density at radius 1 is 1.35 bits per heavy atom. The van der Waals surface area contributed by atoms with Gasteiger partial charge in [0.2, 0.25) is 0 Å². The van der Waals surface area contributed by atoms with Crippen LogP contribution in [0.5, 0.6) is 0 Å². The molecule has 1 aliphatic rings. The van der Waals surface area contributed by atoms with Crippen LogP contribution in [-0.2, 0) is 6.18 Å². The lowest BCUT2D eigenvalue weighted by Crippen LogP contribution is -2.45. The molecule has 0 unspecified atom stereocenters. The molecule has 2 rings (SSSR count). The predicted molar refractivity (Wildman–Crippen MR) is 77.5 cm³/mol. The molecule has 1 atom stereocenters. The van der Waals surface area contributed by atoms with Crippen molar-refractivity contribution in [1.29, 1.82) is 0 Å². The van der Waals surface area contributed by atoms with Gasteiger partial charge in [0, 0.05) is 21.7 Å². The molecule has 0 aromatic heterocycles. The first-order valence-electron chi connectivity index (χ1n) is 6.25. The summed E-state index contributed by atoms with van der Waals surface area (Å²) in [5.74, 6) is -0.456. The summed E-state index contributed by atoms with van der Waals surface area (Å²) in [4.78, 5) is 12.0. The fraction of sp³-hybridized carbons (Fsp3) is 0.462. The van der Waals surface area contributed by atoms with Gasteiger partial charge in [-0.25, -0.2) is 0 Å². The highest BCUT2D eigenvalue weighted by molar-refractivity contribution is 14.1. The third kappa shape index (κ3) is 4.08. The third-order valence-electron chi connectivity index (χ3n) is 3.12. The standard InChI is InChI=1S/C13H14F3IN2O/c14-13(15,16)9-4-8(5-10(17)6-9)12(20)19-11-2-1-3-18-7-11/h4-6,11,18H,1-3,7H2,(H,19,20)/t11-/m0/s1. The Kier molecular flexibility index (Phi) is 4.90. The largest absolute Gasteiger partial charge is 0.416 e. The third-order valence-corrected chi connectivity index (χ3v) is 3.74. The summed E-state index contributed by atoms with van der Waals surface area (Å²) < 4.78 is 38.6. The Morgan fingerprint density at radius 2 is 2.10 bits per heavy atom. The van der Waals surface area contributed by atoms with Gasteiger partial charge < -0.3 is 10.6 Å². The molecule has 2 N–H and O–H groups in total. The summed E-state index contributed by atoms with van der Waals surface area (Å²) in [6.07, 6.45) is -2.65. The average Bonchev–Trinajstić information content (AvgIpc) is 2.38. The van der Waals surface area contributed by atoms with Crippen molar-refractivity contribution in [2.45, 2.75) is 25.1 Å². The molecule has 1 aliphatic heterocycles. The number of carbonyl (C=O) groups excluding carboxylic acids is 1. The van der Waals surface area contributed by atoms with Gasteiger partial charge in [0.1, 0.15) is 0 Å². The highest BCUT2D eigenvalue weighted by atomic mass is 127. The highest BCUT2D eigenvalue weighted by Crippen LogP contribution is 2.31. The number of hydrogen-bond donors (Lipinski definition) is 2. The lowest BCUT2D eigenvalue weighted by molar-refractivity contribution is -0.137. The van der Waals surface area contributed by atoms with Crippen molar-refractivity contribution < 1.29 is 18.0 Å². The van der Waals surface area contributed by atoms with Gasteiger partial charge in [-0.1, -0.05) is 0 Å². The van der Waals surface area contributed by atoms with E-state index in [1.54, 1.807) is 22.6 Å². The van der Waals surface area contributed by atoms with Crippen LogP contribution in [0.4, 0.5) is 13.2 Å². The van der Waals surface area contributed by atoms with E-state index in [1.807, 2.05) is 0 Å². The summed E-state index contributed by atoms with van der Waals surface area (Å²) >= 11 is 1.78. The summed E-state index contributed by atoms with van der Waals surface area (Å²) in [5.41, 5.74) is -0.744. The second kappa shape index (κ2) is 6.30. The van der Waals surface area contributed by atoms with Gasteiger partial charge in [-0.15, -0.1) is 0 Å². The molecule has 1 amide bonds. The molecule has 7 heteroatoms. The molecule has 0 saturated carbocycles. The first-order valence-corrected chi connectivity index (χ1v) is 7.33. The minimum Gasteiger partial charge on any atom is -0.348 e. The number of rotatable bonds is 2. The second-order valence-electron chi connectivity index (χ2n) is 4.74. The van der Waals surface area contributed by atoms with E-state index in [2.05, 4.69) is 10.6 Å². The fourth-order valence-corrected chi connectivity index (χ4v) is 2.80. The van der Waals surface area contributed by atoms with E-state index in [0.717, 1.165) is 31.5 Å². The number of amides is 1. The molecule has 1 heterocycles. The maximum atomic E-state index is 12.7. The Hall–Kier alpha value is -0.830. The first-order chi connectivity index (χ1) is 9.36. The summed E-state index contributed by atoms with van der Waals surface area (Å²) in [6.45, 7) is 1.57. The molecule has 1 saturated heterocycles. The van der Waals surface area contributed by atoms with Gasteiger partial charge in [0.05, 0.1) is 5.56 Å². The van der Waals surface area contributed by atoms with Crippen LogP contribution < -0.4 is 10.6 Å². The molecular weight excluding hydrogens is 384 g/mol. The molecule has 110 valence electrons. The van der Waals surface area contributed by atoms with Crippen LogP contribution in [0.25, 0.3) is 0 Å².